The van der Waals surface area contributed by atoms with Crippen LogP contribution in [-0.2, 0) is 0 Å². The molecule has 3 nitrogen and oxygen atoms in total. The minimum atomic E-state index is -0.155. The molecule has 0 heterocycles. The maximum atomic E-state index is 11.7. The second-order valence-electron chi connectivity index (χ2n) is 5.75. The molecule has 0 fully saturated rings. The minimum Gasteiger partial charge on any atom is -0.395 e. The third-order valence-corrected chi connectivity index (χ3v) is 2.65. The van der Waals surface area contributed by atoms with Gasteiger partial charge in [-0.3, -0.25) is 4.79 Å². The number of carbonyl (C=O) groups excluding carboxylic acids is 1. The fourth-order valence-electron chi connectivity index (χ4n) is 1.89. The van der Waals surface area contributed by atoms with Gasteiger partial charge in [0.05, 0.1) is 6.61 Å². The van der Waals surface area contributed by atoms with Gasteiger partial charge in [0.2, 0.25) is 0 Å². The van der Waals surface area contributed by atoms with Crippen LogP contribution in [0.2, 0.25) is 0 Å². The molecule has 3 heteroatoms. The van der Waals surface area contributed by atoms with Crippen molar-refractivity contribution in [1.82, 2.24) is 5.32 Å². The van der Waals surface area contributed by atoms with Crippen LogP contribution in [0, 0.1) is 5.41 Å². The van der Waals surface area contributed by atoms with E-state index >= 15 is 0 Å². The fourth-order valence-corrected chi connectivity index (χ4v) is 1.89. The largest absolute Gasteiger partial charge is 0.395 e. The van der Waals surface area contributed by atoms with Gasteiger partial charge in [0.25, 0.3) is 5.91 Å². The Bertz CT molecular complexity index is 453. The Balaban J connectivity index is 2.82. The van der Waals surface area contributed by atoms with Gasteiger partial charge in [0, 0.05) is 12.1 Å². The molecule has 19 heavy (non-hydrogen) atoms. The molecule has 1 aromatic rings. The zero-order valence-corrected chi connectivity index (χ0v) is 12.2. The van der Waals surface area contributed by atoms with E-state index in [1.807, 2.05) is 24.3 Å². The molecule has 1 aromatic carbocycles. The van der Waals surface area contributed by atoms with Gasteiger partial charge in [-0.05, 0) is 35.6 Å². The van der Waals surface area contributed by atoms with Gasteiger partial charge in [-0.1, -0.05) is 39.0 Å². The Morgan fingerprint density at radius 3 is 2.21 bits per heavy atom. The molecule has 0 atom stereocenters. The van der Waals surface area contributed by atoms with E-state index in [0.29, 0.717) is 5.56 Å². The maximum absolute atomic E-state index is 11.7. The molecule has 0 radical (unpaired) electrons. The molecule has 0 aliphatic carbocycles. The predicted molar refractivity (Wildman–Crippen MR) is 79.0 cm³/mol. The molecule has 0 spiro atoms. The summed E-state index contributed by atoms with van der Waals surface area (Å²) in [6, 6.07) is 7.51. The Morgan fingerprint density at radius 1 is 1.21 bits per heavy atom. The van der Waals surface area contributed by atoms with Crippen LogP contribution in [0.5, 0.6) is 0 Å². The number of aliphatic hydroxyl groups is 1. The van der Waals surface area contributed by atoms with Gasteiger partial charge >= 0.3 is 0 Å². The van der Waals surface area contributed by atoms with E-state index in [1.54, 1.807) is 0 Å². The fraction of sp³-hybridized carbons (Fsp3) is 0.438. The lowest BCUT2D eigenvalue weighted by Crippen LogP contribution is -2.26. The number of nitrogens with one attached hydrogen (secondary N) is 1. The van der Waals surface area contributed by atoms with Gasteiger partial charge in [-0.25, -0.2) is 0 Å². The molecule has 1 rings (SSSR count). The van der Waals surface area contributed by atoms with Crippen molar-refractivity contribution in [2.75, 3.05) is 13.2 Å². The third kappa shape index (κ3) is 5.26. The number of hydrogen-bond donors (Lipinski definition) is 2. The average Bonchev–Trinajstić information content (AvgIpc) is 2.34. The normalized spacial score (nSPS) is 12.4. The predicted octanol–water partition coefficient (Wildman–Crippen LogP) is 2.86. The first-order valence-corrected chi connectivity index (χ1v) is 6.52. The highest BCUT2D eigenvalue weighted by Gasteiger charge is 2.08. The lowest BCUT2D eigenvalue weighted by molar-refractivity contribution is 0.0945. The van der Waals surface area contributed by atoms with Gasteiger partial charge in [0.15, 0.2) is 0 Å². The van der Waals surface area contributed by atoms with Crippen LogP contribution in [0.3, 0.4) is 0 Å². The molecule has 0 bridgehead atoms. The van der Waals surface area contributed by atoms with Crippen LogP contribution >= 0.6 is 0 Å². The van der Waals surface area contributed by atoms with E-state index in [-0.39, 0.29) is 24.5 Å². The number of rotatable bonds is 4. The minimum absolute atomic E-state index is 0.0444. The SMILES string of the molecule is C/C(=C\C(C)(C)C)c1ccc(C(=O)NCCO)cc1. The van der Waals surface area contributed by atoms with Crippen molar-refractivity contribution < 1.29 is 9.90 Å². The Kier molecular flexibility index (Phi) is 5.31. The van der Waals surface area contributed by atoms with E-state index in [0.717, 1.165) is 5.56 Å². The highest BCUT2D eigenvalue weighted by Crippen LogP contribution is 2.23. The molecular formula is C16H23NO2. The zero-order chi connectivity index (χ0) is 14.5. The Morgan fingerprint density at radius 2 is 1.74 bits per heavy atom. The number of aliphatic hydroxyl groups excluding tert-OH is 1. The van der Waals surface area contributed by atoms with Gasteiger partial charge in [0.1, 0.15) is 0 Å². The molecular weight excluding hydrogens is 238 g/mol. The number of hydrogen-bond acceptors (Lipinski definition) is 2. The van der Waals surface area contributed by atoms with Crippen molar-refractivity contribution >= 4 is 11.5 Å². The molecule has 1 amide bonds. The van der Waals surface area contributed by atoms with Crippen molar-refractivity contribution in [3.05, 3.63) is 41.5 Å². The van der Waals surface area contributed by atoms with E-state index in [2.05, 4.69) is 39.1 Å². The molecule has 0 aliphatic heterocycles. The quantitative estimate of drug-likeness (QED) is 0.875. The smallest absolute Gasteiger partial charge is 0.251 e. The van der Waals surface area contributed by atoms with Crippen molar-refractivity contribution in [1.29, 1.82) is 0 Å². The molecule has 0 saturated carbocycles. The summed E-state index contributed by atoms with van der Waals surface area (Å²) >= 11 is 0. The summed E-state index contributed by atoms with van der Waals surface area (Å²) in [4.78, 5) is 11.7. The van der Waals surface area contributed by atoms with E-state index < -0.39 is 0 Å². The van der Waals surface area contributed by atoms with Gasteiger partial charge in [-0.15, -0.1) is 0 Å². The van der Waals surface area contributed by atoms with Crippen molar-refractivity contribution in [3.63, 3.8) is 0 Å². The van der Waals surface area contributed by atoms with E-state index in [9.17, 15) is 4.79 Å². The molecule has 0 unspecified atom stereocenters. The van der Waals surface area contributed by atoms with Gasteiger partial charge < -0.3 is 10.4 Å². The first-order valence-electron chi connectivity index (χ1n) is 6.52. The van der Waals surface area contributed by atoms with Crippen LogP contribution in [0.4, 0.5) is 0 Å². The lowest BCUT2D eigenvalue weighted by Gasteiger charge is -2.14. The number of carbonyl (C=O) groups is 1. The van der Waals surface area contributed by atoms with Crippen molar-refractivity contribution in [2.45, 2.75) is 27.7 Å². The Labute approximate surface area is 115 Å². The zero-order valence-electron chi connectivity index (χ0n) is 12.2. The molecule has 0 aromatic heterocycles. The van der Waals surface area contributed by atoms with Crippen LogP contribution in [0.25, 0.3) is 5.57 Å². The molecule has 104 valence electrons. The highest BCUT2D eigenvalue weighted by molar-refractivity contribution is 5.94. The van der Waals surface area contributed by atoms with E-state index in [1.165, 1.54) is 5.57 Å². The first-order chi connectivity index (χ1) is 8.83. The number of amides is 1. The summed E-state index contributed by atoms with van der Waals surface area (Å²) in [6.07, 6.45) is 2.22. The van der Waals surface area contributed by atoms with E-state index in [4.69, 9.17) is 5.11 Å². The summed E-state index contributed by atoms with van der Waals surface area (Å²) in [5.74, 6) is -0.155. The van der Waals surface area contributed by atoms with Crippen LogP contribution in [0.1, 0.15) is 43.6 Å². The highest BCUT2D eigenvalue weighted by atomic mass is 16.3. The third-order valence-electron chi connectivity index (χ3n) is 2.65. The average molecular weight is 261 g/mol. The summed E-state index contributed by atoms with van der Waals surface area (Å²) in [7, 11) is 0. The molecule has 0 aliphatic rings. The first kappa shape index (κ1) is 15.4. The van der Waals surface area contributed by atoms with Gasteiger partial charge in [-0.2, -0.15) is 0 Å². The maximum Gasteiger partial charge on any atom is 0.251 e. The number of allylic oxidation sites excluding steroid dienone is 2. The standard InChI is InChI=1S/C16H23NO2/c1-12(11-16(2,3)4)13-5-7-14(8-6-13)15(19)17-9-10-18/h5-8,11,18H,9-10H2,1-4H3,(H,17,19)/b12-11+. The summed E-state index contributed by atoms with van der Waals surface area (Å²) in [6.45, 7) is 8.79. The summed E-state index contributed by atoms with van der Waals surface area (Å²) < 4.78 is 0. The van der Waals surface area contributed by atoms with Crippen LogP contribution in [-0.4, -0.2) is 24.2 Å². The second-order valence-corrected chi connectivity index (χ2v) is 5.75. The summed E-state index contributed by atoms with van der Waals surface area (Å²) in [5, 5.41) is 11.3. The second kappa shape index (κ2) is 6.53. The van der Waals surface area contributed by atoms with Crippen LogP contribution < -0.4 is 5.32 Å². The van der Waals surface area contributed by atoms with Crippen molar-refractivity contribution in [3.8, 4) is 0 Å². The monoisotopic (exact) mass is 261 g/mol. The Hall–Kier alpha value is -1.61. The van der Waals surface area contributed by atoms with Crippen LogP contribution in [0.15, 0.2) is 30.3 Å². The summed E-state index contributed by atoms with van der Waals surface area (Å²) in [5.41, 5.74) is 3.07. The van der Waals surface area contributed by atoms with Crippen molar-refractivity contribution in [2.24, 2.45) is 5.41 Å². The topological polar surface area (TPSA) is 49.3 Å². The molecule has 0 saturated heterocycles. The molecule has 2 N–H and O–H groups in total. The number of benzene rings is 1. The lowest BCUT2D eigenvalue weighted by atomic mass is 9.91.